The van der Waals surface area contributed by atoms with Crippen LogP contribution in [0.4, 0.5) is 0 Å². The minimum Gasteiger partial charge on any atom is -0.447 e. The van der Waals surface area contributed by atoms with E-state index in [0.717, 1.165) is 0 Å². The maximum absolute atomic E-state index is 11.4. The highest BCUT2D eigenvalue weighted by Gasteiger charge is 2.53. The molecule has 70 valence electrons. The van der Waals surface area contributed by atoms with Crippen molar-refractivity contribution < 1.29 is 14.6 Å². The van der Waals surface area contributed by atoms with Gasteiger partial charge < -0.3 is 9.84 Å². The van der Waals surface area contributed by atoms with Crippen LogP contribution in [0.1, 0.15) is 27.7 Å². The van der Waals surface area contributed by atoms with Gasteiger partial charge in [0.1, 0.15) is 4.75 Å². The van der Waals surface area contributed by atoms with Gasteiger partial charge >= 0.3 is 5.97 Å². The van der Waals surface area contributed by atoms with E-state index in [9.17, 15) is 9.90 Å². The zero-order valence-electron chi connectivity index (χ0n) is 7.75. The lowest BCUT2D eigenvalue weighted by Gasteiger charge is -2.22. The van der Waals surface area contributed by atoms with Gasteiger partial charge in [0.05, 0.1) is 6.10 Å². The van der Waals surface area contributed by atoms with E-state index in [4.69, 9.17) is 4.74 Å². The minimum atomic E-state index is -0.802. The second-order valence-electron chi connectivity index (χ2n) is 3.67. The Kier molecular flexibility index (Phi) is 2.17. The van der Waals surface area contributed by atoms with Gasteiger partial charge in [-0.05, 0) is 27.7 Å². The van der Waals surface area contributed by atoms with Gasteiger partial charge in [-0.2, -0.15) is 0 Å². The highest BCUT2D eigenvalue weighted by Crippen LogP contribution is 2.47. The molecule has 2 unspecified atom stereocenters. The number of carbonyl (C=O) groups is 1. The molecule has 2 atom stereocenters. The molecule has 0 aromatic heterocycles. The van der Waals surface area contributed by atoms with Crippen molar-refractivity contribution in [1.29, 1.82) is 0 Å². The molecule has 1 heterocycles. The van der Waals surface area contributed by atoms with E-state index in [1.165, 1.54) is 11.8 Å². The number of thioether (sulfide) groups is 1. The molecule has 0 aromatic rings. The van der Waals surface area contributed by atoms with Crippen LogP contribution in [0.25, 0.3) is 0 Å². The molecule has 0 bridgehead atoms. The number of hydrogen-bond donors (Lipinski definition) is 1. The second-order valence-corrected chi connectivity index (χ2v) is 5.71. The van der Waals surface area contributed by atoms with Crippen LogP contribution in [-0.4, -0.2) is 26.9 Å². The molecule has 0 radical (unpaired) electrons. The summed E-state index contributed by atoms with van der Waals surface area (Å²) in [4.78, 5) is 10.8. The van der Waals surface area contributed by atoms with Crippen LogP contribution in [0.2, 0.25) is 0 Å². The Bertz CT molecular complexity index is 212. The van der Waals surface area contributed by atoms with Gasteiger partial charge in [-0.25, -0.2) is 0 Å². The normalized spacial score (nSPS) is 36.2. The fraction of sp³-hybridized carbons (Fsp3) is 0.875. The van der Waals surface area contributed by atoms with Crippen molar-refractivity contribution in [3.8, 4) is 0 Å². The van der Waals surface area contributed by atoms with Crippen LogP contribution in [0.3, 0.4) is 0 Å². The van der Waals surface area contributed by atoms with Crippen LogP contribution >= 0.6 is 11.8 Å². The quantitative estimate of drug-likeness (QED) is 0.630. The second kappa shape index (κ2) is 2.64. The monoisotopic (exact) mass is 190 g/mol. The summed E-state index contributed by atoms with van der Waals surface area (Å²) in [5, 5.41) is 9.39. The topological polar surface area (TPSA) is 46.5 Å². The fourth-order valence-electron chi connectivity index (χ4n) is 1.15. The smallest absolute Gasteiger partial charge is 0.326 e. The molecule has 4 heteroatoms. The molecular formula is C8H14O3S. The summed E-state index contributed by atoms with van der Waals surface area (Å²) in [6, 6.07) is 0. The molecule has 1 aliphatic heterocycles. The van der Waals surface area contributed by atoms with Crippen LogP contribution < -0.4 is 0 Å². The molecule has 1 fully saturated rings. The molecule has 1 N–H and O–H groups in total. The molecule has 0 aromatic carbocycles. The molecule has 0 saturated carbocycles. The maximum atomic E-state index is 11.4. The minimum absolute atomic E-state index is 0.326. The lowest BCUT2D eigenvalue weighted by molar-refractivity contribution is -0.150. The standard InChI is InChI=1S/C8H14O3S/c1-5(9)8(4)6(10)11-7(2,3)12-8/h5,9H,1-4H3. The number of carbonyl (C=O) groups excluding carboxylic acids is 1. The molecule has 12 heavy (non-hydrogen) atoms. The Morgan fingerprint density at radius 2 is 2.00 bits per heavy atom. The number of cyclic esters (lactones) is 1. The Balaban J connectivity index is 2.89. The van der Waals surface area contributed by atoms with Crippen molar-refractivity contribution in [3.05, 3.63) is 0 Å². The summed E-state index contributed by atoms with van der Waals surface area (Å²) < 4.78 is 4.29. The number of rotatable bonds is 1. The van der Waals surface area contributed by atoms with Gasteiger partial charge in [0.2, 0.25) is 0 Å². The van der Waals surface area contributed by atoms with E-state index < -0.39 is 15.8 Å². The Morgan fingerprint density at radius 1 is 1.50 bits per heavy atom. The number of ether oxygens (including phenoxy) is 1. The predicted molar refractivity (Wildman–Crippen MR) is 47.8 cm³/mol. The average Bonchev–Trinajstić information content (AvgIpc) is 2.03. The summed E-state index contributed by atoms with van der Waals surface area (Å²) in [6.45, 7) is 6.96. The third kappa shape index (κ3) is 1.45. The van der Waals surface area contributed by atoms with Crippen molar-refractivity contribution in [2.75, 3.05) is 0 Å². The van der Waals surface area contributed by atoms with E-state index in [1.807, 2.05) is 13.8 Å². The lowest BCUT2D eigenvalue weighted by Crippen LogP contribution is -2.38. The summed E-state index contributed by atoms with van der Waals surface area (Å²) in [5.74, 6) is -0.326. The first kappa shape index (κ1) is 9.86. The van der Waals surface area contributed by atoms with Crippen molar-refractivity contribution in [2.24, 2.45) is 0 Å². The van der Waals surface area contributed by atoms with Gasteiger partial charge in [0, 0.05) is 0 Å². The van der Waals surface area contributed by atoms with Crippen molar-refractivity contribution >= 4 is 17.7 Å². The highest BCUT2D eigenvalue weighted by molar-refractivity contribution is 8.03. The van der Waals surface area contributed by atoms with Crippen LogP contribution in [0.15, 0.2) is 0 Å². The molecule has 3 nitrogen and oxygen atoms in total. The Hall–Kier alpha value is -0.220. The average molecular weight is 190 g/mol. The molecule has 1 rings (SSSR count). The summed E-state index contributed by atoms with van der Waals surface area (Å²) >= 11 is 1.36. The Labute approximate surface area is 76.5 Å². The van der Waals surface area contributed by atoms with Crippen molar-refractivity contribution in [1.82, 2.24) is 0 Å². The molecule has 0 aliphatic carbocycles. The number of aliphatic hydroxyl groups excluding tert-OH is 1. The molecule has 0 amide bonds. The zero-order chi connectivity index (χ0) is 9.57. The molecular weight excluding hydrogens is 176 g/mol. The molecule has 1 saturated heterocycles. The van der Waals surface area contributed by atoms with Gasteiger partial charge in [-0.1, -0.05) is 11.8 Å². The summed E-state index contributed by atoms with van der Waals surface area (Å²) in [6.07, 6.45) is -0.684. The van der Waals surface area contributed by atoms with E-state index in [0.29, 0.717) is 0 Å². The van der Waals surface area contributed by atoms with E-state index in [2.05, 4.69) is 0 Å². The SMILES string of the molecule is CC(O)C1(C)SC(C)(C)OC1=O. The first-order valence-electron chi connectivity index (χ1n) is 3.89. The number of esters is 1. The summed E-state index contributed by atoms with van der Waals surface area (Å²) in [7, 11) is 0. The fourth-order valence-corrected chi connectivity index (χ4v) is 2.59. The van der Waals surface area contributed by atoms with Crippen molar-refractivity contribution in [2.45, 2.75) is 43.5 Å². The first-order valence-corrected chi connectivity index (χ1v) is 4.71. The molecule has 1 aliphatic rings. The third-order valence-corrected chi connectivity index (χ3v) is 3.51. The van der Waals surface area contributed by atoms with E-state index in [-0.39, 0.29) is 5.97 Å². The maximum Gasteiger partial charge on any atom is 0.326 e. The van der Waals surface area contributed by atoms with Gasteiger partial charge in [0.25, 0.3) is 0 Å². The van der Waals surface area contributed by atoms with E-state index >= 15 is 0 Å². The van der Waals surface area contributed by atoms with Crippen molar-refractivity contribution in [3.63, 3.8) is 0 Å². The zero-order valence-corrected chi connectivity index (χ0v) is 8.57. The van der Waals surface area contributed by atoms with Crippen LogP contribution in [-0.2, 0) is 9.53 Å². The lowest BCUT2D eigenvalue weighted by atomic mass is 10.1. The number of hydrogen-bond acceptors (Lipinski definition) is 4. The predicted octanol–water partition coefficient (Wildman–Crippen LogP) is 1.15. The molecule has 0 spiro atoms. The van der Waals surface area contributed by atoms with Crippen LogP contribution in [0.5, 0.6) is 0 Å². The largest absolute Gasteiger partial charge is 0.447 e. The van der Waals surface area contributed by atoms with E-state index in [1.54, 1.807) is 13.8 Å². The van der Waals surface area contributed by atoms with Gasteiger partial charge in [-0.15, -0.1) is 0 Å². The highest BCUT2D eigenvalue weighted by atomic mass is 32.2. The third-order valence-electron chi connectivity index (χ3n) is 2.00. The first-order chi connectivity index (χ1) is 5.28. The van der Waals surface area contributed by atoms with Gasteiger partial charge in [0.15, 0.2) is 4.93 Å². The number of aliphatic hydroxyl groups is 1. The summed E-state index contributed by atoms with van der Waals surface area (Å²) in [5.41, 5.74) is 0. The van der Waals surface area contributed by atoms with Gasteiger partial charge in [-0.3, -0.25) is 4.79 Å². The Morgan fingerprint density at radius 3 is 2.17 bits per heavy atom. The van der Waals surface area contributed by atoms with Crippen LogP contribution in [0, 0.1) is 0 Å².